The van der Waals surface area contributed by atoms with E-state index >= 15 is 0 Å². The number of pyridine rings is 2. The fourth-order valence-electron chi connectivity index (χ4n) is 3.56. The van der Waals surface area contributed by atoms with E-state index in [-0.39, 0.29) is 11.8 Å². The van der Waals surface area contributed by atoms with E-state index in [4.69, 9.17) is 0 Å². The monoisotopic (exact) mass is 395 g/mol. The minimum atomic E-state index is -0.108. The average molecular weight is 396 g/mol. The van der Waals surface area contributed by atoms with Gasteiger partial charge in [0.2, 0.25) is 0 Å². The van der Waals surface area contributed by atoms with Crippen LogP contribution in [0.15, 0.2) is 42.7 Å². The molecule has 0 atom stereocenters. The molecule has 29 heavy (non-hydrogen) atoms. The van der Waals surface area contributed by atoms with Crippen molar-refractivity contribution in [3.05, 3.63) is 54.0 Å². The predicted octanol–water partition coefficient (Wildman–Crippen LogP) is 2.70. The van der Waals surface area contributed by atoms with Gasteiger partial charge in [-0.3, -0.25) is 14.6 Å². The highest BCUT2D eigenvalue weighted by Crippen LogP contribution is 2.15. The number of hydrogen-bond donors (Lipinski definition) is 0. The number of carbonyl (C=O) groups is 2. The molecule has 0 aromatic carbocycles. The summed E-state index contributed by atoms with van der Waals surface area (Å²) in [5.41, 5.74) is 0.854. The van der Waals surface area contributed by atoms with Crippen molar-refractivity contribution in [2.75, 3.05) is 44.2 Å². The number of piperazine rings is 1. The molecule has 7 nitrogen and oxygen atoms in total. The zero-order chi connectivity index (χ0) is 20.6. The number of rotatable bonds is 7. The summed E-state index contributed by atoms with van der Waals surface area (Å²) >= 11 is 0. The highest BCUT2D eigenvalue weighted by Gasteiger charge is 2.24. The van der Waals surface area contributed by atoms with Crippen molar-refractivity contribution in [2.24, 2.45) is 0 Å². The lowest BCUT2D eigenvalue weighted by molar-refractivity contribution is 0.0745. The van der Waals surface area contributed by atoms with Gasteiger partial charge in [-0.2, -0.15) is 0 Å². The van der Waals surface area contributed by atoms with Gasteiger partial charge in [0.15, 0.2) is 0 Å². The van der Waals surface area contributed by atoms with E-state index in [9.17, 15) is 9.59 Å². The summed E-state index contributed by atoms with van der Waals surface area (Å²) in [6.45, 7) is 8.21. The Balaban J connectivity index is 1.66. The lowest BCUT2D eigenvalue weighted by Gasteiger charge is -2.35. The van der Waals surface area contributed by atoms with Gasteiger partial charge in [0, 0.05) is 57.2 Å². The number of aromatic nitrogens is 2. The van der Waals surface area contributed by atoms with Crippen LogP contribution in [0.3, 0.4) is 0 Å². The molecule has 0 N–H and O–H groups in total. The summed E-state index contributed by atoms with van der Waals surface area (Å²) in [4.78, 5) is 40.2. The van der Waals surface area contributed by atoms with E-state index in [1.165, 1.54) is 0 Å². The van der Waals surface area contributed by atoms with Crippen molar-refractivity contribution >= 4 is 17.6 Å². The molecule has 7 heteroatoms. The van der Waals surface area contributed by atoms with Gasteiger partial charge in [-0.05, 0) is 37.1 Å². The van der Waals surface area contributed by atoms with Crippen LogP contribution in [0.4, 0.5) is 5.82 Å². The fourth-order valence-corrected chi connectivity index (χ4v) is 3.56. The Bertz CT molecular complexity index is 813. The van der Waals surface area contributed by atoms with Gasteiger partial charge in [0.05, 0.1) is 0 Å². The molecule has 2 aromatic rings. The van der Waals surface area contributed by atoms with Crippen LogP contribution in [0.5, 0.6) is 0 Å². The molecule has 0 radical (unpaired) electrons. The maximum absolute atomic E-state index is 13.0. The Morgan fingerprint density at radius 3 is 2.31 bits per heavy atom. The molecule has 0 saturated carbocycles. The number of nitrogens with zero attached hydrogens (tertiary/aromatic N) is 5. The van der Waals surface area contributed by atoms with Crippen molar-refractivity contribution in [2.45, 2.75) is 26.7 Å². The van der Waals surface area contributed by atoms with Crippen LogP contribution in [0.1, 0.15) is 47.5 Å². The second kappa shape index (κ2) is 10.0. The number of anilines is 1. The Labute approximate surface area is 172 Å². The summed E-state index contributed by atoms with van der Waals surface area (Å²) in [5, 5.41) is 0. The number of amides is 2. The summed E-state index contributed by atoms with van der Waals surface area (Å²) in [6.07, 6.45) is 5.12. The quantitative estimate of drug-likeness (QED) is 0.721. The molecule has 3 heterocycles. The Kier molecular flexibility index (Phi) is 7.16. The molecular weight excluding hydrogens is 366 g/mol. The first kappa shape index (κ1) is 20.8. The lowest BCUT2D eigenvalue weighted by atomic mass is 10.1. The topological polar surface area (TPSA) is 69.6 Å². The smallest absolute Gasteiger partial charge is 0.272 e. The molecular formula is C22H29N5O2. The molecule has 0 bridgehead atoms. The largest absolute Gasteiger partial charge is 0.353 e. The van der Waals surface area contributed by atoms with E-state index in [0.29, 0.717) is 37.4 Å². The van der Waals surface area contributed by atoms with Gasteiger partial charge in [0.25, 0.3) is 11.8 Å². The maximum atomic E-state index is 13.0. The van der Waals surface area contributed by atoms with Crippen molar-refractivity contribution in [1.82, 2.24) is 19.8 Å². The van der Waals surface area contributed by atoms with Gasteiger partial charge < -0.3 is 14.7 Å². The molecule has 1 aliphatic heterocycles. The first-order valence-corrected chi connectivity index (χ1v) is 10.3. The molecule has 3 rings (SSSR count). The normalized spacial score (nSPS) is 14.0. The maximum Gasteiger partial charge on any atom is 0.272 e. The third kappa shape index (κ3) is 5.10. The van der Waals surface area contributed by atoms with Gasteiger partial charge in [-0.15, -0.1) is 0 Å². The Morgan fingerprint density at radius 1 is 0.966 bits per heavy atom. The third-order valence-corrected chi connectivity index (χ3v) is 5.04. The second-order valence-corrected chi connectivity index (χ2v) is 7.19. The van der Waals surface area contributed by atoms with E-state index in [2.05, 4.69) is 14.9 Å². The fraction of sp³-hybridized carbons (Fsp3) is 0.455. The molecule has 0 spiro atoms. The van der Waals surface area contributed by atoms with Gasteiger partial charge in [-0.1, -0.05) is 19.9 Å². The SMILES string of the molecule is CCCN(CCC)C(=O)c1cc(C(=O)N2CCN(c3ccccn3)CC2)ccn1. The molecule has 1 aliphatic rings. The van der Waals surface area contributed by atoms with Crippen LogP contribution < -0.4 is 4.90 Å². The minimum absolute atomic E-state index is 0.0559. The van der Waals surface area contributed by atoms with E-state index in [1.807, 2.05) is 41.8 Å². The van der Waals surface area contributed by atoms with Gasteiger partial charge in [-0.25, -0.2) is 4.98 Å². The Morgan fingerprint density at radius 2 is 1.69 bits per heavy atom. The number of hydrogen-bond acceptors (Lipinski definition) is 5. The van der Waals surface area contributed by atoms with Crippen LogP contribution in [0, 0.1) is 0 Å². The zero-order valence-electron chi connectivity index (χ0n) is 17.3. The summed E-state index contributed by atoms with van der Waals surface area (Å²) < 4.78 is 0. The zero-order valence-corrected chi connectivity index (χ0v) is 17.3. The predicted molar refractivity (Wildman–Crippen MR) is 113 cm³/mol. The van der Waals surface area contributed by atoms with Crippen LogP contribution in [-0.4, -0.2) is 70.9 Å². The average Bonchev–Trinajstić information content (AvgIpc) is 2.79. The Hall–Kier alpha value is -2.96. The molecule has 2 aromatic heterocycles. The molecule has 0 unspecified atom stereocenters. The van der Waals surface area contributed by atoms with Crippen molar-refractivity contribution < 1.29 is 9.59 Å². The lowest BCUT2D eigenvalue weighted by Crippen LogP contribution is -2.49. The van der Waals surface area contributed by atoms with Crippen LogP contribution in [-0.2, 0) is 0 Å². The van der Waals surface area contributed by atoms with E-state index < -0.39 is 0 Å². The summed E-state index contributed by atoms with van der Waals surface area (Å²) in [6, 6.07) is 9.17. The molecule has 0 aliphatic carbocycles. The molecule has 2 amide bonds. The standard InChI is InChI=1S/C22H29N5O2/c1-3-11-26(12-4-2)22(29)19-17-18(8-10-23-19)21(28)27-15-13-25(14-16-27)20-7-5-6-9-24-20/h5-10,17H,3-4,11-16H2,1-2H3. The third-order valence-electron chi connectivity index (χ3n) is 5.04. The van der Waals surface area contributed by atoms with Gasteiger partial charge in [0.1, 0.15) is 11.5 Å². The first-order chi connectivity index (χ1) is 14.1. The highest BCUT2D eigenvalue weighted by molar-refractivity contribution is 5.98. The van der Waals surface area contributed by atoms with Crippen LogP contribution >= 0.6 is 0 Å². The van der Waals surface area contributed by atoms with E-state index in [1.54, 1.807) is 24.5 Å². The molecule has 1 saturated heterocycles. The van der Waals surface area contributed by atoms with Crippen LogP contribution in [0.25, 0.3) is 0 Å². The number of carbonyl (C=O) groups excluding carboxylic acids is 2. The molecule has 154 valence electrons. The van der Waals surface area contributed by atoms with E-state index in [0.717, 1.165) is 31.7 Å². The van der Waals surface area contributed by atoms with Crippen LogP contribution in [0.2, 0.25) is 0 Å². The van der Waals surface area contributed by atoms with Crippen molar-refractivity contribution in [3.63, 3.8) is 0 Å². The summed E-state index contributed by atoms with van der Waals surface area (Å²) in [7, 11) is 0. The first-order valence-electron chi connectivity index (χ1n) is 10.3. The van der Waals surface area contributed by atoms with Crippen molar-refractivity contribution in [3.8, 4) is 0 Å². The minimum Gasteiger partial charge on any atom is -0.353 e. The second-order valence-electron chi connectivity index (χ2n) is 7.19. The van der Waals surface area contributed by atoms with Gasteiger partial charge >= 0.3 is 0 Å². The summed E-state index contributed by atoms with van der Waals surface area (Å²) in [5.74, 6) is 0.770. The van der Waals surface area contributed by atoms with Crippen molar-refractivity contribution in [1.29, 1.82) is 0 Å². The highest BCUT2D eigenvalue weighted by atomic mass is 16.2. The molecule has 1 fully saturated rings.